The average Bonchev–Trinajstić information content (AvgIpc) is 2.55. The van der Waals surface area contributed by atoms with E-state index in [4.69, 9.17) is 5.84 Å². The Hall–Kier alpha value is -1.48. The summed E-state index contributed by atoms with van der Waals surface area (Å²) in [5.41, 5.74) is 2.47. The van der Waals surface area contributed by atoms with Gasteiger partial charge in [-0.15, -0.1) is 0 Å². The number of nitrogens with two attached hydrogens (primary N) is 1. The summed E-state index contributed by atoms with van der Waals surface area (Å²) < 4.78 is 11.4. The highest BCUT2D eigenvalue weighted by Crippen LogP contribution is 2.18. The molecule has 0 radical (unpaired) electrons. The molecular formula is C12H23N7OS. The molecule has 0 bridgehead atoms. The van der Waals surface area contributed by atoms with Gasteiger partial charge in [0.15, 0.2) is 0 Å². The van der Waals surface area contributed by atoms with Gasteiger partial charge in [0, 0.05) is 41.9 Å². The molecule has 0 saturated carbocycles. The average molecular weight is 313 g/mol. The number of nitrogen functional groups attached to an aromatic ring is 1. The number of hydrazine groups is 1. The number of nitrogens with zero attached hydrogens (tertiary/aromatic N) is 4. The quantitative estimate of drug-likeness (QED) is 0.488. The summed E-state index contributed by atoms with van der Waals surface area (Å²) in [6, 6.07) is 0. The van der Waals surface area contributed by atoms with Crippen molar-refractivity contribution in [1.82, 2.24) is 15.0 Å². The molecule has 0 aromatic carbocycles. The van der Waals surface area contributed by atoms with Crippen molar-refractivity contribution >= 4 is 28.6 Å². The SMILES string of the molecule is CCS(=O)CCNc1nc(NN)nc(N2CCCCC2)n1. The molecule has 1 aromatic rings. The molecule has 8 nitrogen and oxygen atoms in total. The van der Waals surface area contributed by atoms with E-state index in [1.807, 2.05) is 6.92 Å². The Morgan fingerprint density at radius 1 is 1.19 bits per heavy atom. The maximum Gasteiger partial charge on any atom is 0.243 e. The van der Waals surface area contributed by atoms with Crippen LogP contribution in [-0.2, 0) is 10.8 Å². The second kappa shape index (κ2) is 8.08. The zero-order valence-electron chi connectivity index (χ0n) is 12.3. The number of hydrogen-bond acceptors (Lipinski definition) is 8. The van der Waals surface area contributed by atoms with Gasteiger partial charge in [-0.1, -0.05) is 6.92 Å². The maximum atomic E-state index is 11.4. The molecule has 0 amide bonds. The van der Waals surface area contributed by atoms with Crippen LogP contribution in [0.5, 0.6) is 0 Å². The lowest BCUT2D eigenvalue weighted by atomic mass is 10.1. The monoisotopic (exact) mass is 313 g/mol. The third kappa shape index (κ3) is 4.78. The van der Waals surface area contributed by atoms with E-state index in [0.29, 0.717) is 35.9 Å². The summed E-state index contributed by atoms with van der Waals surface area (Å²) in [5.74, 6) is 8.09. The first-order chi connectivity index (χ1) is 10.2. The Kier molecular flexibility index (Phi) is 6.12. The van der Waals surface area contributed by atoms with E-state index < -0.39 is 10.8 Å². The van der Waals surface area contributed by atoms with Crippen LogP contribution in [0.1, 0.15) is 26.2 Å². The summed E-state index contributed by atoms with van der Waals surface area (Å²) in [6.45, 7) is 4.37. The molecule has 0 aliphatic carbocycles. The molecule has 2 heterocycles. The van der Waals surface area contributed by atoms with Crippen LogP contribution in [0.4, 0.5) is 17.8 Å². The Bertz CT molecular complexity index is 479. The summed E-state index contributed by atoms with van der Waals surface area (Å²) >= 11 is 0. The van der Waals surface area contributed by atoms with Gasteiger partial charge in [-0.2, -0.15) is 15.0 Å². The van der Waals surface area contributed by atoms with Gasteiger partial charge in [-0.3, -0.25) is 9.63 Å². The number of anilines is 3. The van der Waals surface area contributed by atoms with Gasteiger partial charge >= 0.3 is 0 Å². The summed E-state index contributed by atoms with van der Waals surface area (Å²) in [5, 5.41) is 3.09. The van der Waals surface area contributed by atoms with E-state index in [2.05, 4.69) is 30.6 Å². The van der Waals surface area contributed by atoms with Crippen LogP contribution < -0.4 is 21.5 Å². The fourth-order valence-corrected chi connectivity index (χ4v) is 2.78. The highest BCUT2D eigenvalue weighted by molar-refractivity contribution is 7.84. The normalized spacial score (nSPS) is 16.6. The Balaban J connectivity index is 2.04. The van der Waals surface area contributed by atoms with Gasteiger partial charge in [0.2, 0.25) is 17.8 Å². The smallest absolute Gasteiger partial charge is 0.243 e. The van der Waals surface area contributed by atoms with Gasteiger partial charge in [0.25, 0.3) is 0 Å². The van der Waals surface area contributed by atoms with Crippen molar-refractivity contribution in [3.8, 4) is 0 Å². The molecule has 0 spiro atoms. The fraction of sp³-hybridized carbons (Fsp3) is 0.750. The number of nitrogens with one attached hydrogen (secondary N) is 2. The van der Waals surface area contributed by atoms with Crippen LogP contribution in [0.25, 0.3) is 0 Å². The number of aromatic nitrogens is 3. The first-order valence-corrected chi connectivity index (χ1v) is 8.78. The zero-order valence-corrected chi connectivity index (χ0v) is 13.2. The lowest BCUT2D eigenvalue weighted by molar-refractivity contribution is 0.568. The third-order valence-electron chi connectivity index (χ3n) is 3.33. The summed E-state index contributed by atoms with van der Waals surface area (Å²) in [6.07, 6.45) is 3.54. The lowest BCUT2D eigenvalue weighted by Crippen LogP contribution is -2.32. The zero-order chi connectivity index (χ0) is 15.1. The van der Waals surface area contributed by atoms with Crippen molar-refractivity contribution < 1.29 is 4.21 Å². The van der Waals surface area contributed by atoms with Crippen molar-refractivity contribution in [2.24, 2.45) is 5.84 Å². The minimum Gasteiger partial charge on any atom is -0.353 e. The molecule has 1 atom stereocenters. The summed E-state index contributed by atoms with van der Waals surface area (Å²) in [7, 11) is -0.802. The minimum atomic E-state index is -0.802. The predicted molar refractivity (Wildman–Crippen MR) is 85.7 cm³/mol. The molecule has 21 heavy (non-hydrogen) atoms. The molecule has 1 unspecified atom stereocenters. The Labute approximate surface area is 127 Å². The van der Waals surface area contributed by atoms with Crippen LogP contribution in [0, 0.1) is 0 Å². The lowest BCUT2D eigenvalue weighted by Gasteiger charge is -2.26. The van der Waals surface area contributed by atoms with Crippen molar-refractivity contribution in [2.75, 3.05) is 46.8 Å². The molecule has 1 aliphatic rings. The van der Waals surface area contributed by atoms with Gasteiger partial charge in [-0.05, 0) is 19.3 Å². The third-order valence-corrected chi connectivity index (χ3v) is 4.63. The number of hydrogen-bond donors (Lipinski definition) is 3. The second-order valence-corrected chi connectivity index (χ2v) is 6.70. The van der Waals surface area contributed by atoms with Crippen molar-refractivity contribution in [3.05, 3.63) is 0 Å². The van der Waals surface area contributed by atoms with E-state index in [1.54, 1.807) is 0 Å². The number of piperidine rings is 1. The summed E-state index contributed by atoms with van der Waals surface area (Å²) in [4.78, 5) is 15.0. The van der Waals surface area contributed by atoms with E-state index in [9.17, 15) is 4.21 Å². The molecule has 1 fully saturated rings. The van der Waals surface area contributed by atoms with E-state index >= 15 is 0 Å². The standard InChI is InChI=1S/C12H23N7OS/c1-2-21(20)9-6-14-10-15-11(18-13)17-12(16-10)19-7-4-3-5-8-19/h2-9,13H2,1H3,(H2,14,15,16,17,18). The number of rotatable bonds is 7. The highest BCUT2D eigenvalue weighted by atomic mass is 32.2. The van der Waals surface area contributed by atoms with Gasteiger partial charge in [0.1, 0.15) is 0 Å². The highest BCUT2D eigenvalue weighted by Gasteiger charge is 2.16. The predicted octanol–water partition coefficient (Wildman–Crippen LogP) is 0.328. The van der Waals surface area contributed by atoms with E-state index in [0.717, 1.165) is 25.9 Å². The minimum absolute atomic E-state index is 0.338. The van der Waals surface area contributed by atoms with Gasteiger partial charge < -0.3 is 10.2 Å². The molecule has 118 valence electrons. The molecular weight excluding hydrogens is 290 g/mol. The van der Waals surface area contributed by atoms with Crippen LogP contribution in [0.3, 0.4) is 0 Å². The molecule has 1 aromatic heterocycles. The molecule has 2 rings (SSSR count). The molecule has 1 aliphatic heterocycles. The topological polar surface area (TPSA) is 109 Å². The van der Waals surface area contributed by atoms with Crippen molar-refractivity contribution in [2.45, 2.75) is 26.2 Å². The first kappa shape index (κ1) is 15.9. The van der Waals surface area contributed by atoms with Crippen molar-refractivity contribution in [3.63, 3.8) is 0 Å². The van der Waals surface area contributed by atoms with Gasteiger partial charge in [0.05, 0.1) is 0 Å². The molecule has 9 heteroatoms. The fourth-order valence-electron chi connectivity index (χ4n) is 2.16. The second-order valence-electron chi connectivity index (χ2n) is 4.83. The Morgan fingerprint density at radius 3 is 2.57 bits per heavy atom. The van der Waals surface area contributed by atoms with Crippen molar-refractivity contribution in [1.29, 1.82) is 0 Å². The Morgan fingerprint density at radius 2 is 1.90 bits per heavy atom. The van der Waals surface area contributed by atoms with Gasteiger partial charge in [-0.25, -0.2) is 5.84 Å². The molecule has 4 N–H and O–H groups in total. The van der Waals surface area contributed by atoms with Crippen LogP contribution in [0.2, 0.25) is 0 Å². The largest absolute Gasteiger partial charge is 0.353 e. The maximum absolute atomic E-state index is 11.4. The van der Waals surface area contributed by atoms with E-state index in [-0.39, 0.29) is 0 Å². The first-order valence-electron chi connectivity index (χ1n) is 7.29. The van der Waals surface area contributed by atoms with E-state index in [1.165, 1.54) is 6.42 Å². The van der Waals surface area contributed by atoms with Crippen LogP contribution in [0.15, 0.2) is 0 Å². The molecule has 1 saturated heterocycles. The van der Waals surface area contributed by atoms with Crippen LogP contribution >= 0.6 is 0 Å². The van der Waals surface area contributed by atoms with Crippen LogP contribution in [-0.4, -0.2) is 50.3 Å².